The Morgan fingerprint density at radius 1 is 1.28 bits per heavy atom. The third-order valence-corrected chi connectivity index (χ3v) is 4.66. The molecular weight excluding hydrogens is 326 g/mol. The van der Waals surface area contributed by atoms with E-state index in [-0.39, 0.29) is 18.9 Å². The smallest absolute Gasteiger partial charge is 0.329 e. The molecule has 0 aliphatic carbocycles. The first-order valence-electron chi connectivity index (χ1n) is 8.57. The minimum absolute atomic E-state index is 0.0926. The largest absolute Gasteiger partial charge is 0.491 e. The van der Waals surface area contributed by atoms with Crippen molar-refractivity contribution in [2.24, 2.45) is 0 Å². The number of carboxylic acid groups (broad SMARTS) is 1. The van der Waals surface area contributed by atoms with Crippen LogP contribution in [-0.4, -0.2) is 55.1 Å². The summed E-state index contributed by atoms with van der Waals surface area (Å²) >= 11 is 0. The third kappa shape index (κ3) is 4.29. The number of hydrogen-bond acceptors (Lipinski definition) is 5. The number of amides is 1. The number of aliphatic carboxylic acids is 1. The van der Waals surface area contributed by atoms with Crippen LogP contribution in [0.2, 0.25) is 0 Å². The first kappa shape index (κ1) is 17.7. The summed E-state index contributed by atoms with van der Waals surface area (Å²) < 4.78 is 16.4. The van der Waals surface area contributed by atoms with Crippen molar-refractivity contribution in [3.8, 4) is 5.75 Å². The summed E-state index contributed by atoms with van der Waals surface area (Å²) in [6.07, 6.45) is 2.61. The quantitative estimate of drug-likeness (QED) is 0.810. The van der Waals surface area contributed by atoms with E-state index in [0.717, 1.165) is 19.4 Å². The third-order valence-electron chi connectivity index (χ3n) is 4.66. The van der Waals surface area contributed by atoms with E-state index >= 15 is 0 Å². The fourth-order valence-electron chi connectivity index (χ4n) is 3.09. The van der Waals surface area contributed by atoms with E-state index in [1.807, 2.05) is 0 Å². The molecule has 1 aromatic rings. The molecule has 2 saturated heterocycles. The van der Waals surface area contributed by atoms with Crippen molar-refractivity contribution in [1.82, 2.24) is 5.32 Å². The monoisotopic (exact) mass is 349 g/mol. The molecule has 1 unspecified atom stereocenters. The second-order valence-electron chi connectivity index (χ2n) is 6.43. The number of benzene rings is 1. The number of ether oxygens (including phenoxy) is 3. The molecule has 2 fully saturated rings. The lowest BCUT2D eigenvalue weighted by Crippen LogP contribution is -2.57. The van der Waals surface area contributed by atoms with E-state index in [1.54, 1.807) is 24.3 Å². The molecular formula is C18H23NO6. The molecule has 0 radical (unpaired) electrons. The molecule has 0 aromatic heterocycles. The Morgan fingerprint density at radius 2 is 2.08 bits per heavy atom. The van der Waals surface area contributed by atoms with Crippen LogP contribution in [0.4, 0.5) is 0 Å². The van der Waals surface area contributed by atoms with Gasteiger partial charge < -0.3 is 24.6 Å². The van der Waals surface area contributed by atoms with Gasteiger partial charge in [-0.25, -0.2) is 4.79 Å². The van der Waals surface area contributed by atoms with E-state index in [2.05, 4.69) is 5.32 Å². The minimum Gasteiger partial charge on any atom is -0.491 e. The van der Waals surface area contributed by atoms with Gasteiger partial charge in [0.2, 0.25) is 0 Å². The van der Waals surface area contributed by atoms with Gasteiger partial charge in [0.25, 0.3) is 5.91 Å². The molecule has 136 valence electrons. The van der Waals surface area contributed by atoms with Gasteiger partial charge in [-0.2, -0.15) is 0 Å². The van der Waals surface area contributed by atoms with Crippen LogP contribution in [-0.2, 0) is 14.3 Å². The molecule has 1 amide bonds. The molecule has 2 aliphatic heterocycles. The van der Waals surface area contributed by atoms with Crippen LogP contribution in [0.5, 0.6) is 5.75 Å². The van der Waals surface area contributed by atoms with Crippen molar-refractivity contribution in [3.05, 3.63) is 29.8 Å². The zero-order valence-electron chi connectivity index (χ0n) is 14.0. The number of carbonyl (C=O) groups is 2. The molecule has 3 rings (SSSR count). The Balaban J connectivity index is 1.64. The second kappa shape index (κ2) is 7.84. The van der Waals surface area contributed by atoms with Crippen LogP contribution in [0.3, 0.4) is 0 Å². The van der Waals surface area contributed by atoms with Crippen LogP contribution >= 0.6 is 0 Å². The highest BCUT2D eigenvalue weighted by atomic mass is 16.5. The van der Waals surface area contributed by atoms with Crippen molar-refractivity contribution in [1.29, 1.82) is 0 Å². The Labute approximate surface area is 146 Å². The molecule has 1 atom stereocenters. The molecule has 7 nitrogen and oxygen atoms in total. The molecule has 2 N–H and O–H groups in total. The van der Waals surface area contributed by atoms with E-state index < -0.39 is 17.4 Å². The molecule has 0 saturated carbocycles. The highest BCUT2D eigenvalue weighted by molar-refractivity contribution is 5.98. The Kier molecular flexibility index (Phi) is 5.55. The van der Waals surface area contributed by atoms with Gasteiger partial charge in [0.05, 0.1) is 6.10 Å². The predicted molar refractivity (Wildman–Crippen MR) is 88.8 cm³/mol. The van der Waals surface area contributed by atoms with Crippen LogP contribution in [0, 0.1) is 0 Å². The number of rotatable bonds is 6. The first-order valence-corrected chi connectivity index (χ1v) is 8.57. The fraction of sp³-hybridized carbons (Fsp3) is 0.556. The van der Waals surface area contributed by atoms with Gasteiger partial charge in [0, 0.05) is 38.2 Å². The predicted octanol–water partition coefficient (Wildman–Crippen LogP) is 1.61. The minimum atomic E-state index is -1.27. The first-order chi connectivity index (χ1) is 12.1. The van der Waals surface area contributed by atoms with Gasteiger partial charge in [0.15, 0.2) is 0 Å². The summed E-state index contributed by atoms with van der Waals surface area (Å²) in [5, 5.41) is 12.2. The van der Waals surface area contributed by atoms with Crippen LogP contribution < -0.4 is 10.1 Å². The summed E-state index contributed by atoms with van der Waals surface area (Å²) in [7, 11) is 0. The normalized spacial score (nSPS) is 22.3. The molecule has 7 heteroatoms. The maximum Gasteiger partial charge on any atom is 0.329 e. The van der Waals surface area contributed by atoms with Crippen LogP contribution in [0.1, 0.15) is 36.0 Å². The molecule has 0 bridgehead atoms. The zero-order chi connectivity index (χ0) is 17.7. The summed E-state index contributed by atoms with van der Waals surface area (Å²) in [5.41, 5.74) is -0.902. The zero-order valence-corrected chi connectivity index (χ0v) is 14.0. The lowest BCUT2D eigenvalue weighted by atomic mass is 9.89. The maximum absolute atomic E-state index is 12.5. The van der Waals surface area contributed by atoms with Crippen LogP contribution in [0.25, 0.3) is 0 Å². The average Bonchev–Trinajstić information content (AvgIpc) is 3.14. The average molecular weight is 349 g/mol. The Hall–Kier alpha value is -2.12. The number of nitrogens with one attached hydrogen (secondary N) is 1. The topological polar surface area (TPSA) is 94.1 Å². The molecule has 25 heavy (non-hydrogen) atoms. The van der Waals surface area contributed by atoms with Crippen molar-refractivity contribution in [2.75, 3.05) is 26.4 Å². The van der Waals surface area contributed by atoms with E-state index in [4.69, 9.17) is 14.2 Å². The maximum atomic E-state index is 12.5. The second-order valence-corrected chi connectivity index (χ2v) is 6.43. The number of hydrogen-bond donors (Lipinski definition) is 2. The van der Waals surface area contributed by atoms with Crippen LogP contribution in [0.15, 0.2) is 24.3 Å². The van der Waals surface area contributed by atoms with Gasteiger partial charge >= 0.3 is 5.97 Å². The lowest BCUT2D eigenvalue weighted by Gasteiger charge is -2.33. The fourth-order valence-corrected chi connectivity index (χ4v) is 3.09. The van der Waals surface area contributed by atoms with E-state index in [1.165, 1.54) is 0 Å². The Bertz CT molecular complexity index is 620. The van der Waals surface area contributed by atoms with Gasteiger partial charge in [-0.1, -0.05) is 6.07 Å². The van der Waals surface area contributed by atoms with E-state index in [0.29, 0.717) is 31.1 Å². The summed E-state index contributed by atoms with van der Waals surface area (Å²) in [6, 6.07) is 6.76. The van der Waals surface area contributed by atoms with Crippen molar-refractivity contribution in [2.45, 2.75) is 37.3 Å². The summed E-state index contributed by atoms with van der Waals surface area (Å²) in [5.74, 6) is -0.888. The lowest BCUT2D eigenvalue weighted by molar-refractivity contribution is -0.148. The highest BCUT2D eigenvalue weighted by Crippen LogP contribution is 2.23. The van der Waals surface area contributed by atoms with Gasteiger partial charge in [-0.15, -0.1) is 0 Å². The van der Waals surface area contributed by atoms with Gasteiger partial charge in [-0.05, 0) is 31.0 Å². The Morgan fingerprint density at radius 3 is 2.76 bits per heavy atom. The molecule has 1 aromatic carbocycles. The van der Waals surface area contributed by atoms with Crippen molar-refractivity contribution < 1.29 is 28.9 Å². The van der Waals surface area contributed by atoms with Gasteiger partial charge in [0.1, 0.15) is 17.9 Å². The van der Waals surface area contributed by atoms with Crippen molar-refractivity contribution >= 4 is 11.9 Å². The number of carboxylic acids is 1. The SMILES string of the molecule is O=C(NC1(C(=O)O)CCOCC1)c1cccc(OCC2CCCO2)c1. The summed E-state index contributed by atoms with van der Waals surface area (Å²) in [6.45, 7) is 1.84. The standard InChI is InChI=1S/C18H23NO6/c20-16(19-18(17(21)22)6-9-23-10-7-18)13-3-1-4-14(11-13)25-12-15-5-2-8-24-15/h1,3-4,11,15H,2,5-10,12H2,(H,19,20)(H,21,22). The molecule has 2 aliphatic rings. The molecule has 2 heterocycles. The van der Waals surface area contributed by atoms with E-state index in [9.17, 15) is 14.7 Å². The highest BCUT2D eigenvalue weighted by Gasteiger charge is 2.41. The van der Waals surface area contributed by atoms with Gasteiger partial charge in [-0.3, -0.25) is 4.79 Å². The molecule has 0 spiro atoms. The summed E-state index contributed by atoms with van der Waals surface area (Å²) in [4.78, 5) is 24.2. The van der Waals surface area contributed by atoms with Crippen molar-refractivity contribution in [3.63, 3.8) is 0 Å². The number of carbonyl (C=O) groups excluding carboxylic acids is 1.